The number of alkyl halides is 1. The predicted molar refractivity (Wildman–Crippen MR) is 103 cm³/mol. The van der Waals surface area contributed by atoms with Gasteiger partial charge in [0.25, 0.3) is 0 Å². The highest BCUT2D eigenvalue weighted by Crippen LogP contribution is 2.41. The van der Waals surface area contributed by atoms with Gasteiger partial charge in [0, 0.05) is 0 Å². The largest absolute Gasteiger partial charge is 0.478 e. The maximum Gasteiger partial charge on any atom is 0.335 e. The van der Waals surface area contributed by atoms with Crippen LogP contribution in [0.2, 0.25) is 0 Å². The third kappa shape index (κ3) is 2.78. The number of halogens is 1. The Kier molecular flexibility index (Phi) is 3.68. The number of benzene rings is 2. The molecule has 1 aliphatic heterocycles. The van der Waals surface area contributed by atoms with E-state index in [2.05, 4.69) is 35.2 Å². The van der Waals surface area contributed by atoms with E-state index in [-0.39, 0.29) is 0 Å². The van der Waals surface area contributed by atoms with Gasteiger partial charge in [-0.05, 0) is 69.3 Å². The first-order valence-corrected chi connectivity index (χ1v) is 10.3. The molecule has 1 atom stereocenters. The first-order chi connectivity index (χ1) is 11.1. The van der Waals surface area contributed by atoms with Gasteiger partial charge in [0.15, 0.2) is 0 Å². The van der Waals surface area contributed by atoms with Crippen molar-refractivity contribution in [1.29, 1.82) is 0 Å². The van der Waals surface area contributed by atoms with Crippen molar-refractivity contribution in [3.63, 3.8) is 0 Å². The Labute approximate surface area is 145 Å². The smallest absolute Gasteiger partial charge is 0.335 e. The summed E-state index contributed by atoms with van der Waals surface area (Å²) in [5.41, 5.74) is 7.84. The molecule has 0 saturated carbocycles. The number of allylic oxidation sites excluding steroid dienone is 1. The Bertz CT molecular complexity index is 871. The normalized spacial score (nSPS) is 18.7. The highest BCUT2D eigenvalue weighted by molar-refractivity contribution is 14.2. The van der Waals surface area contributed by atoms with E-state index in [9.17, 15) is 9.90 Å². The van der Waals surface area contributed by atoms with Gasteiger partial charge >= 0.3 is 5.97 Å². The lowest BCUT2D eigenvalue weighted by Gasteiger charge is -2.20. The van der Waals surface area contributed by atoms with E-state index in [1.54, 1.807) is 6.07 Å². The van der Waals surface area contributed by atoms with E-state index in [1.807, 2.05) is 12.1 Å². The lowest BCUT2D eigenvalue weighted by Crippen LogP contribution is -2.05. The van der Waals surface area contributed by atoms with Crippen molar-refractivity contribution in [3.05, 3.63) is 75.9 Å². The van der Waals surface area contributed by atoms with Gasteiger partial charge in [-0.25, -0.2) is 4.79 Å². The molecular weight excluding hydrogens is 399 g/mol. The minimum Gasteiger partial charge on any atom is -0.478 e. The van der Waals surface area contributed by atoms with Gasteiger partial charge in [0.05, 0.1) is 9.49 Å². The highest BCUT2D eigenvalue weighted by Gasteiger charge is 2.20. The Morgan fingerprint density at radius 2 is 2.00 bits per heavy atom. The molecule has 0 radical (unpaired) electrons. The molecule has 23 heavy (non-hydrogen) atoms. The summed E-state index contributed by atoms with van der Waals surface area (Å²) in [4.78, 5) is 11.3. The lowest BCUT2D eigenvalue weighted by molar-refractivity contribution is 0.0697. The molecule has 2 aliphatic rings. The molecule has 0 amide bonds. The van der Waals surface area contributed by atoms with E-state index < -0.39 is 5.97 Å². The summed E-state index contributed by atoms with van der Waals surface area (Å²) in [6.45, 7) is 2.16. The quantitative estimate of drug-likeness (QED) is 0.571. The van der Waals surface area contributed by atoms with Crippen molar-refractivity contribution in [1.82, 2.24) is 0 Å². The SMILES string of the molecule is Cc1cc(C2C=I2)ccc1C1=CCCc2ccc(C(=O)O)cc21. The Balaban J connectivity index is 1.79. The zero-order valence-electron chi connectivity index (χ0n) is 12.8. The second-order valence-corrected chi connectivity index (χ2v) is 8.84. The molecule has 2 nitrogen and oxygen atoms in total. The van der Waals surface area contributed by atoms with Crippen LogP contribution in [-0.2, 0) is 6.42 Å². The van der Waals surface area contributed by atoms with Crippen molar-refractivity contribution in [2.45, 2.75) is 23.7 Å². The molecule has 1 heterocycles. The number of hydrogen-bond donors (Lipinski definition) is 1. The standard InChI is InChI=1S/C20H17IO2/c1-12-9-14(19-11-21-19)7-8-16(12)17-4-2-3-13-5-6-15(20(22)23)10-18(13)17/h4-11,19H,2-3H2,1H3,(H,22,23). The van der Waals surface area contributed by atoms with Gasteiger partial charge in [0.1, 0.15) is 0 Å². The highest BCUT2D eigenvalue weighted by atomic mass is 127. The number of aryl methyl sites for hydroxylation is 2. The number of carbonyl (C=O) groups is 1. The first-order valence-electron chi connectivity index (χ1n) is 7.76. The molecule has 0 bridgehead atoms. The molecule has 1 unspecified atom stereocenters. The average molecular weight is 416 g/mol. The van der Waals surface area contributed by atoms with Crippen LogP contribution in [0.5, 0.6) is 0 Å². The van der Waals surface area contributed by atoms with Crippen molar-refractivity contribution >= 4 is 36.3 Å². The summed E-state index contributed by atoms with van der Waals surface area (Å²) in [7, 11) is 0. The second-order valence-electron chi connectivity index (χ2n) is 6.06. The fourth-order valence-electron chi connectivity index (χ4n) is 3.26. The van der Waals surface area contributed by atoms with Crippen LogP contribution in [0.15, 0.2) is 42.5 Å². The van der Waals surface area contributed by atoms with Crippen LogP contribution in [0, 0.1) is 6.92 Å². The van der Waals surface area contributed by atoms with E-state index in [0.717, 1.165) is 22.3 Å². The van der Waals surface area contributed by atoms with Crippen LogP contribution in [0.3, 0.4) is 0 Å². The molecule has 0 spiro atoms. The molecule has 4 rings (SSSR count). The zero-order chi connectivity index (χ0) is 16.0. The third-order valence-corrected chi connectivity index (χ3v) is 6.68. The number of carboxylic acid groups (broad SMARTS) is 1. The second kappa shape index (κ2) is 5.71. The van der Waals surface area contributed by atoms with E-state index in [4.69, 9.17) is 0 Å². The summed E-state index contributed by atoms with van der Waals surface area (Å²) in [6, 6.07) is 12.3. The molecule has 0 saturated heterocycles. The zero-order valence-corrected chi connectivity index (χ0v) is 15.0. The summed E-state index contributed by atoms with van der Waals surface area (Å²) in [5, 5.41) is 9.28. The molecule has 1 aliphatic carbocycles. The molecule has 116 valence electrons. The molecule has 3 heteroatoms. The van der Waals surface area contributed by atoms with Gasteiger partial charge in [0.2, 0.25) is 0 Å². The predicted octanol–water partition coefficient (Wildman–Crippen LogP) is 4.90. The van der Waals surface area contributed by atoms with Crippen LogP contribution < -0.4 is 0 Å². The maximum atomic E-state index is 11.3. The van der Waals surface area contributed by atoms with Crippen molar-refractivity contribution < 1.29 is 9.90 Å². The fourth-order valence-corrected chi connectivity index (χ4v) is 4.68. The Morgan fingerprint density at radius 1 is 1.17 bits per heavy atom. The number of carboxylic acids is 1. The molecule has 2 aromatic rings. The van der Waals surface area contributed by atoms with E-state index in [0.29, 0.717) is 26.3 Å². The van der Waals surface area contributed by atoms with Gasteiger partial charge < -0.3 is 5.11 Å². The minimum absolute atomic E-state index is 0.298. The van der Waals surface area contributed by atoms with Crippen LogP contribution in [0.1, 0.15) is 48.5 Å². The minimum atomic E-state index is -0.863. The number of aromatic carboxylic acids is 1. The lowest BCUT2D eigenvalue weighted by atomic mass is 9.84. The van der Waals surface area contributed by atoms with Crippen LogP contribution in [-0.4, -0.2) is 15.1 Å². The molecular formula is C20H17IO2. The molecule has 1 N–H and O–H groups in total. The summed E-state index contributed by atoms with van der Waals surface area (Å²) >= 11 is 0.298. The van der Waals surface area contributed by atoms with Crippen LogP contribution in [0.4, 0.5) is 0 Å². The van der Waals surface area contributed by atoms with Gasteiger partial charge in [-0.1, -0.05) is 30.3 Å². The first kappa shape index (κ1) is 14.8. The molecule has 0 fully saturated rings. The average Bonchev–Trinajstić information content (AvgIpc) is 3.39. The third-order valence-electron chi connectivity index (χ3n) is 4.52. The number of rotatable bonds is 3. The van der Waals surface area contributed by atoms with Crippen molar-refractivity contribution in [3.8, 4) is 0 Å². The summed E-state index contributed by atoms with van der Waals surface area (Å²) in [5.74, 6) is -0.863. The molecule has 0 aromatic heterocycles. The monoisotopic (exact) mass is 416 g/mol. The Morgan fingerprint density at radius 3 is 2.70 bits per heavy atom. The van der Waals surface area contributed by atoms with Crippen LogP contribution >= 0.6 is 20.7 Å². The van der Waals surface area contributed by atoms with Gasteiger partial charge in [-0.2, -0.15) is 0 Å². The van der Waals surface area contributed by atoms with Crippen molar-refractivity contribution in [2.24, 2.45) is 0 Å². The fraction of sp³-hybridized carbons (Fsp3) is 0.200. The van der Waals surface area contributed by atoms with E-state index in [1.165, 1.54) is 27.8 Å². The number of hydrogen-bond acceptors (Lipinski definition) is 1. The molecule has 2 aromatic carbocycles. The van der Waals surface area contributed by atoms with Crippen molar-refractivity contribution in [2.75, 3.05) is 0 Å². The van der Waals surface area contributed by atoms with Gasteiger partial charge in [-0.15, -0.1) is 20.7 Å². The Hall–Kier alpha value is -1.75. The number of fused-ring (bicyclic) bond motifs is 1. The summed E-state index contributed by atoms with van der Waals surface area (Å²) < 4.78 is 3.18. The summed E-state index contributed by atoms with van der Waals surface area (Å²) in [6.07, 6.45) is 4.25. The van der Waals surface area contributed by atoms with Gasteiger partial charge in [-0.3, -0.25) is 0 Å². The maximum absolute atomic E-state index is 11.3. The van der Waals surface area contributed by atoms with Crippen LogP contribution in [0.25, 0.3) is 5.57 Å². The van der Waals surface area contributed by atoms with E-state index >= 15 is 0 Å². The topological polar surface area (TPSA) is 37.3 Å².